The Hall–Kier alpha value is -3.93. The predicted molar refractivity (Wildman–Crippen MR) is 122 cm³/mol. The van der Waals surface area contributed by atoms with Crippen molar-refractivity contribution in [3.05, 3.63) is 95.6 Å². The Morgan fingerprint density at radius 3 is 2.41 bits per heavy atom. The van der Waals surface area contributed by atoms with Gasteiger partial charge in [0.1, 0.15) is 11.5 Å². The number of rotatable bonds is 7. The summed E-state index contributed by atoms with van der Waals surface area (Å²) < 4.78 is 11.0. The number of carbonyl (C=O) groups excluding carboxylic acids is 2. The lowest BCUT2D eigenvalue weighted by molar-refractivity contribution is -0.135. The summed E-state index contributed by atoms with van der Waals surface area (Å²) in [6.07, 6.45) is 0.599. The molecule has 1 unspecified atom stereocenters. The lowest BCUT2D eigenvalue weighted by Crippen LogP contribution is -2.31. The second-order valence-corrected chi connectivity index (χ2v) is 7.52. The van der Waals surface area contributed by atoms with Crippen molar-refractivity contribution in [2.45, 2.75) is 19.4 Å². The van der Waals surface area contributed by atoms with Gasteiger partial charge in [0.15, 0.2) is 12.4 Å². The lowest BCUT2D eigenvalue weighted by Gasteiger charge is -2.22. The number of Topliss-reactive ketones (excluding diaryl/α,β-unsaturated/α-hetero) is 1. The van der Waals surface area contributed by atoms with Gasteiger partial charge < -0.3 is 9.47 Å². The standard InChI is InChI=1S/C26H24N2O4/c1-18(29)21-9-6-10-23(15-21)32-17-26(30)28-25(20-11-13-22(31-2)14-12-20)16-24(27-28)19-7-4-3-5-8-19/h3-15,25H,16-17H2,1-2H3. The van der Waals surface area contributed by atoms with Gasteiger partial charge in [-0.3, -0.25) is 9.59 Å². The number of hydrogen-bond donors (Lipinski definition) is 0. The molecule has 0 spiro atoms. The molecule has 6 heteroatoms. The SMILES string of the molecule is COc1ccc(C2CC(c3ccccc3)=NN2C(=O)COc2cccc(C(C)=O)c2)cc1. The number of hydrazone groups is 1. The van der Waals surface area contributed by atoms with Gasteiger partial charge in [0, 0.05) is 12.0 Å². The Kier molecular flexibility index (Phi) is 6.31. The number of methoxy groups -OCH3 is 1. The van der Waals surface area contributed by atoms with Crippen molar-refractivity contribution < 1.29 is 19.1 Å². The molecule has 0 radical (unpaired) electrons. The average Bonchev–Trinajstić information content (AvgIpc) is 3.29. The maximum atomic E-state index is 13.1. The maximum absolute atomic E-state index is 13.1. The van der Waals surface area contributed by atoms with E-state index in [9.17, 15) is 9.59 Å². The van der Waals surface area contributed by atoms with Crippen LogP contribution in [0.15, 0.2) is 84.0 Å². The van der Waals surface area contributed by atoms with Crippen molar-refractivity contribution in [3.8, 4) is 11.5 Å². The largest absolute Gasteiger partial charge is 0.497 e. The molecule has 0 N–H and O–H groups in total. The quantitative estimate of drug-likeness (QED) is 0.514. The normalized spacial score (nSPS) is 15.2. The highest BCUT2D eigenvalue weighted by Gasteiger charge is 2.33. The average molecular weight is 428 g/mol. The van der Waals surface area contributed by atoms with Gasteiger partial charge in [0.25, 0.3) is 5.91 Å². The van der Waals surface area contributed by atoms with Crippen molar-refractivity contribution in [2.75, 3.05) is 13.7 Å². The van der Waals surface area contributed by atoms with E-state index in [0.717, 1.165) is 22.6 Å². The number of benzene rings is 3. The molecule has 1 amide bonds. The van der Waals surface area contributed by atoms with Crippen molar-refractivity contribution in [1.29, 1.82) is 0 Å². The minimum Gasteiger partial charge on any atom is -0.497 e. The fourth-order valence-electron chi connectivity index (χ4n) is 3.65. The summed E-state index contributed by atoms with van der Waals surface area (Å²) in [6, 6.07) is 24.1. The summed E-state index contributed by atoms with van der Waals surface area (Å²) in [4.78, 5) is 24.7. The van der Waals surface area contributed by atoms with Gasteiger partial charge in [-0.2, -0.15) is 5.10 Å². The number of ketones is 1. The number of hydrogen-bond acceptors (Lipinski definition) is 5. The van der Waals surface area contributed by atoms with Crippen LogP contribution in [0.25, 0.3) is 0 Å². The molecule has 0 fully saturated rings. The van der Waals surface area contributed by atoms with Crippen LogP contribution in [0.1, 0.15) is 40.9 Å². The Morgan fingerprint density at radius 1 is 0.969 bits per heavy atom. The van der Waals surface area contributed by atoms with E-state index in [1.165, 1.54) is 11.9 Å². The van der Waals surface area contributed by atoms with Crippen LogP contribution in [0, 0.1) is 0 Å². The Balaban J connectivity index is 1.56. The molecular formula is C26H24N2O4. The summed E-state index contributed by atoms with van der Waals surface area (Å²) in [5, 5.41) is 6.15. The summed E-state index contributed by atoms with van der Waals surface area (Å²) in [7, 11) is 1.62. The maximum Gasteiger partial charge on any atom is 0.281 e. The molecule has 3 aromatic rings. The van der Waals surface area contributed by atoms with Gasteiger partial charge in [-0.25, -0.2) is 5.01 Å². The van der Waals surface area contributed by atoms with E-state index in [2.05, 4.69) is 5.10 Å². The first-order chi connectivity index (χ1) is 15.5. The van der Waals surface area contributed by atoms with Gasteiger partial charge in [-0.15, -0.1) is 0 Å². The third-order valence-corrected chi connectivity index (χ3v) is 5.38. The van der Waals surface area contributed by atoms with Gasteiger partial charge >= 0.3 is 0 Å². The molecule has 1 heterocycles. The second kappa shape index (κ2) is 9.47. The van der Waals surface area contributed by atoms with Gasteiger partial charge in [0.05, 0.1) is 18.9 Å². The first kappa shape index (κ1) is 21.3. The van der Waals surface area contributed by atoms with E-state index in [-0.39, 0.29) is 24.3 Å². The first-order valence-electron chi connectivity index (χ1n) is 10.4. The van der Waals surface area contributed by atoms with Crippen LogP contribution < -0.4 is 9.47 Å². The summed E-state index contributed by atoms with van der Waals surface area (Å²) >= 11 is 0. The Bertz CT molecular complexity index is 1140. The zero-order valence-electron chi connectivity index (χ0n) is 18.0. The summed E-state index contributed by atoms with van der Waals surface area (Å²) in [5.74, 6) is 0.906. The van der Waals surface area contributed by atoms with E-state index in [4.69, 9.17) is 9.47 Å². The van der Waals surface area contributed by atoms with Crippen LogP contribution >= 0.6 is 0 Å². The van der Waals surface area contributed by atoms with Crippen LogP contribution in [-0.2, 0) is 4.79 Å². The van der Waals surface area contributed by atoms with Gasteiger partial charge in [-0.05, 0) is 42.3 Å². The Morgan fingerprint density at radius 2 is 1.72 bits per heavy atom. The third kappa shape index (κ3) is 4.70. The van der Waals surface area contributed by atoms with Gasteiger partial charge in [-0.1, -0.05) is 54.6 Å². The molecule has 3 aromatic carbocycles. The Labute approximate surface area is 187 Å². The van der Waals surface area contributed by atoms with E-state index in [1.807, 2.05) is 54.6 Å². The van der Waals surface area contributed by atoms with Gasteiger partial charge in [0.2, 0.25) is 0 Å². The molecule has 0 saturated heterocycles. The number of carbonyl (C=O) groups is 2. The zero-order valence-corrected chi connectivity index (χ0v) is 18.0. The highest BCUT2D eigenvalue weighted by Crippen LogP contribution is 2.33. The summed E-state index contributed by atoms with van der Waals surface area (Å²) in [6.45, 7) is 1.31. The molecule has 0 saturated carbocycles. The van der Waals surface area contributed by atoms with Crippen LogP contribution in [0.3, 0.4) is 0 Å². The smallest absolute Gasteiger partial charge is 0.281 e. The fraction of sp³-hybridized carbons (Fsp3) is 0.192. The molecule has 32 heavy (non-hydrogen) atoms. The van der Waals surface area contributed by atoms with Crippen LogP contribution in [0.4, 0.5) is 0 Å². The number of amides is 1. The van der Waals surface area contributed by atoms with Crippen LogP contribution in [-0.4, -0.2) is 36.1 Å². The molecule has 1 aliphatic heterocycles. The molecule has 0 aromatic heterocycles. The molecule has 0 bridgehead atoms. The lowest BCUT2D eigenvalue weighted by atomic mass is 9.98. The highest BCUT2D eigenvalue weighted by atomic mass is 16.5. The zero-order chi connectivity index (χ0) is 22.5. The third-order valence-electron chi connectivity index (χ3n) is 5.38. The minimum atomic E-state index is -0.259. The van der Waals surface area contributed by atoms with Crippen molar-refractivity contribution in [3.63, 3.8) is 0 Å². The van der Waals surface area contributed by atoms with E-state index >= 15 is 0 Å². The number of nitrogens with zero attached hydrogens (tertiary/aromatic N) is 2. The molecule has 4 rings (SSSR count). The number of ether oxygens (including phenoxy) is 2. The minimum absolute atomic E-state index is 0.0574. The molecule has 0 aliphatic carbocycles. The van der Waals surface area contributed by atoms with E-state index in [1.54, 1.807) is 31.4 Å². The fourth-order valence-corrected chi connectivity index (χ4v) is 3.65. The first-order valence-corrected chi connectivity index (χ1v) is 10.4. The molecule has 6 nitrogen and oxygen atoms in total. The molecule has 1 aliphatic rings. The van der Waals surface area contributed by atoms with Crippen molar-refractivity contribution in [1.82, 2.24) is 5.01 Å². The van der Waals surface area contributed by atoms with Crippen LogP contribution in [0.2, 0.25) is 0 Å². The molecule has 1 atom stereocenters. The van der Waals surface area contributed by atoms with Crippen LogP contribution in [0.5, 0.6) is 11.5 Å². The van der Waals surface area contributed by atoms with E-state index in [0.29, 0.717) is 17.7 Å². The second-order valence-electron chi connectivity index (χ2n) is 7.52. The van der Waals surface area contributed by atoms with E-state index < -0.39 is 0 Å². The predicted octanol–water partition coefficient (Wildman–Crippen LogP) is 4.65. The topological polar surface area (TPSA) is 68.2 Å². The van der Waals surface area contributed by atoms with Crippen molar-refractivity contribution >= 4 is 17.4 Å². The van der Waals surface area contributed by atoms with Crippen molar-refractivity contribution in [2.24, 2.45) is 5.10 Å². The monoisotopic (exact) mass is 428 g/mol. The molecular weight excluding hydrogens is 404 g/mol. The highest BCUT2D eigenvalue weighted by molar-refractivity contribution is 6.03. The summed E-state index contributed by atoms with van der Waals surface area (Å²) in [5.41, 5.74) is 3.33. The molecule has 162 valence electrons.